The van der Waals surface area contributed by atoms with Crippen molar-refractivity contribution in [2.45, 2.75) is 18.7 Å². The minimum atomic E-state index is -1.19. The maximum absolute atomic E-state index is 10.8. The Morgan fingerprint density at radius 1 is 1.31 bits per heavy atom. The summed E-state index contributed by atoms with van der Waals surface area (Å²) in [6.07, 6.45) is 6.25. The highest BCUT2D eigenvalue weighted by molar-refractivity contribution is 6.00. The Kier molecular flexibility index (Phi) is 6.54. The standard InChI is InChI=1S/C22H25N5O2/c1-25-11-17(10-23)19-14-27(13-16-5-2-3-7-18(16)19)22(29)20(24)9-21(28)15-6-4-8-26-12-15/h2-12,19,22-25,28-29H,13-14H2,1H3/b17-11+,21-9-,23-10?,24-20?/t19-,22?/m1/s1. The lowest BCUT2D eigenvalue weighted by Gasteiger charge is -2.37. The molecule has 1 aliphatic rings. The maximum Gasteiger partial charge on any atom is 0.150 e. The normalized spacial score (nSPS) is 18.6. The molecule has 0 saturated carbocycles. The van der Waals surface area contributed by atoms with Crippen LogP contribution >= 0.6 is 0 Å². The fourth-order valence-corrected chi connectivity index (χ4v) is 3.53. The number of hydrogen-bond donors (Lipinski definition) is 5. The van der Waals surface area contributed by atoms with Gasteiger partial charge in [0, 0.05) is 62.5 Å². The molecule has 3 rings (SSSR count). The summed E-state index contributed by atoms with van der Waals surface area (Å²) in [7, 11) is 1.78. The molecule has 1 aromatic carbocycles. The summed E-state index contributed by atoms with van der Waals surface area (Å²) in [6.45, 7) is 0.924. The number of fused-ring (bicyclic) bond motifs is 1. The fraction of sp³-hybridized carbons (Fsp3) is 0.227. The molecule has 0 saturated heterocycles. The van der Waals surface area contributed by atoms with Crippen LogP contribution in [0.5, 0.6) is 0 Å². The monoisotopic (exact) mass is 391 g/mol. The second kappa shape index (κ2) is 9.27. The molecule has 2 aromatic rings. The summed E-state index contributed by atoms with van der Waals surface area (Å²) in [5.41, 5.74) is 3.31. The molecule has 0 bridgehead atoms. The van der Waals surface area contributed by atoms with E-state index in [0.717, 1.165) is 16.7 Å². The van der Waals surface area contributed by atoms with Gasteiger partial charge in [-0.1, -0.05) is 24.3 Å². The van der Waals surface area contributed by atoms with Gasteiger partial charge in [0.25, 0.3) is 0 Å². The van der Waals surface area contributed by atoms with Crippen molar-refractivity contribution in [2.75, 3.05) is 13.6 Å². The molecule has 7 nitrogen and oxygen atoms in total. The quantitative estimate of drug-likeness (QED) is 0.368. The molecule has 2 atom stereocenters. The Morgan fingerprint density at radius 3 is 2.79 bits per heavy atom. The summed E-state index contributed by atoms with van der Waals surface area (Å²) < 4.78 is 0. The Hall–Kier alpha value is -3.29. The third-order valence-corrected chi connectivity index (χ3v) is 4.97. The second-order valence-electron chi connectivity index (χ2n) is 6.86. The minimum Gasteiger partial charge on any atom is -0.507 e. The molecule has 0 spiro atoms. The van der Waals surface area contributed by atoms with E-state index in [1.807, 2.05) is 24.3 Å². The van der Waals surface area contributed by atoms with E-state index in [4.69, 9.17) is 10.8 Å². The van der Waals surface area contributed by atoms with Crippen molar-refractivity contribution in [1.29, 1.82) is 10.8 Å². The largest absolute Gasteiger partial charge is 0.507 e. The summed E-state index contributed by atoms with van der Waals surface area (Å²) in [5, 5.41) is 40.1. The van der Waals surface area contributed by atoms with E-state index in [-0.39, 0.29) is 17.4 Å². The number of rotatable bonds is 7. The Labute approximate surface area is 170 Å². The van der Waals surface area contributed by atoms with E-state index in [9.17, 15) is 10.2 Å². The van der Waals surface area contributed by atoms with Gasteiger partial charge in [-0.2, -0.15) is 0 Å². The van der Waals surface area contributed by atoms with E-state index in [1.54, 1.807) is 36.5 Å². The van der Waals surface area contributed by atoms with Gasteiger partial charge in [-0.3, -0.25) is 9.88 Å². The molecule has 2 heterocycles. The molecule has 0 aliphatic carbocycles. The first kappa shape index (κ1) is 20.4. The molecule has 29 heavy (non-hydrogen) atoms. The second-order valence-corrected chi connectivity index (χ2v) is 6.86. The van der Waals surface area contributed by atoms with Crippen LogP contribution < -0.4 is 5.32 Å². The molecule has 5 N–H and O–H groups in total. The third-order valence-electron chi connectivity index (χ3n) is 4.97. The third kappa shape index (κ3) is 4.59. The molecular formula is C22H25N5O2. The maximum atomic E-state index is 10.8. The molecule has 1 aliphatic heterocycles. The lowest BCUT2D eigenvalue weighted by molar-refractivity contribution is 0.0427. The van der Waals surface area contributed by atoms with Crippen LogP contribution in [0.15, 0.2) is 66.6 Å². The number of nitrogens with zero attached hydrogens (tertiary/aromatic N) is 2. The number of nitrogens with one attached hydrogen (secondary N) is 3. The van der Waals surface area contributed by atoms with Crippen LogP contribution in [0.25, 0.3) is 5.76 Å². The first-order chi connectivity index (χ1) is 14.0. The molecule has 150 valence electrons. The van der Waals surface area contributed by atoms with Gasteiger partial charge in [0.15, 0.2) is 0 Å². The Morgan fingerprint density at radius 2 is 2.10 bits per heavy atom. The van der Waals surface area contributed by atoms with Gasteiger partial charge in [-0.25, -0.2) is 0 Å². The zero-order valence-corrected chi connectivity index (χ0v) is 16.2. The van der Waals surface area contributed by atoms with E-state index in [1.165, 1.54) is 18.5 Å². The lowest BCUT2D eigenvalue weighted by atomic mass is 9.84. The Balaban J connectivity index is 1.86. The summed E-state index contributed by atoms with van der Waals surface area (Å²) in [5.74, 6) is -0.227. The first-order valence-corrected chi connectivity index (χ1v) is 9.32. The number of aliphatic hydroxyl groups is 2. The van der Waals surface area contributed by atoms with Gasteiger partial charge < -0.3 is 26.3 Å². The van der Waals surface area contributed by atoms with Crippen molar-refractivity contribution in [3.8, 4) is 0 Å². The molecule has 7 heteroatoms. The van der Waals surface area contributed by atoms with Crippen molar-refractivity contribution in [1.82, 2.24) is 15.2 Å². The summed E-state index contributed by atoms with van der Waals surface area (Å²) in [6, 6.07) is 11.3. The van der Waals surface area contributed by atoms with Crippen LogP contribution in [0, 0.1) is 10.8 Å². The van der Waals surface area contributed by atoms with Crippen LogP contribution in [-0.4, -0.2) is 51.8 Å². The van der Waals surface area contributed by atoms with Crippen molar-refractivity contribution in [3.05, 3.63) is 83.3 Å². The average Bonchev–Trinajstić information content (AvgIpc) is 2.76. The van der Waals surface area contributed by atoms with E-state index >= 15 is 0 Å². The van der Waals surface area contributed by atoms with Gasteiger partial charge in [0.05, 0.1) is 5.71 Å². The molecule has 0 amide bonds. The molecule has 1 aromatic heterocycles. The van der Waals surface area contributed by atoms with Crippen LogP contribution in [0.2, 0.25) is 0 Å². The number of pyridine rings is 1. The highest BCUT2D eigenvalue weighted by atomic mass is 16.3. The molecule has 0 radical (unpaired) electrons. The fourth-order valence-electron chi connectivity index (χ4n) is 3.53. The molecule has 1 unspecified atom stereocenters. The van der Waals surface area contributed by atoms with Crippen molar-refractivity contribution in [3.63, 3.8) is 0 Å². The smallest absolute Gasteiger partial charge is 0.150 e. The predicted octanol–water partition coefficient (Wildman–Crippen LogP) is 2.67. The van der Waals surface area contributed by atoms with Crippen LogP contribution in [0.1, 0.15) is 22.6 Å². The van der Waals surface area contributed by atoms with Crippen LogP contribution in [0.3, 0.4) is 0 Å². The van der Waals surface area contributed by atoms with Crippen LogP contribution in [-0.2, 0) is 6.54 Å². The highest BCUT2D eigenvalue weighted by Crippen LogP contribution is 2.33. The van der Waals surface area contributed by atoms with Gasteiger partial charge in [-0.15, -0.1) is 0 Å². The van der Waals surface area contributed by atoms with Crippen molar-refractivity contribution >= 4 is 17.7 Å². The van der Waals surface area contributed by atoms with Gasteiger partial charge in [0.1, 0.15) is 12.0 Å². The van der Waals surface area contributed by atoms with Gasteiger partial charge in [-0.05, 0) is 28.8 Å². The van der Waals surface area contributed by atoms with E-state index in [0.29, 0.717) is 18.7 Å². The SMILES string of the molecule is CN/C=C(\C=N)[C@H]1CN(C(O)C(=N)/C=C(\O)c2cccnc2)Cc2ccccc21. The lowest BCUT2D eigenvalue weighted by Crippen LogP contribution is -2.45. The number of aromatic nitrogens is 1. The summed E-state index contributed by atoms with van der Waals surface area (Å²) >= 11 is 0. The topological polar surface area (TPSA) is 116 Å². The zero-order chi connectivity index (χ0) is 20.8. The number of benzene rings is 1. The zero-order valence-electron chi connectivity index (χ0n) is 16.2. The Bertz CT molecular complexity index is 939. The average molecular weight is 391 g/mol. The molecular weight excluding hydrogens is 366 g/mol. The van der Waals surface area contributed by atoms with Crippen molar-refractivity contribution < 1.29 is 10.2 Å². The molecule has 0 fully saturated rings. The van der Waals surface area contributed by atoms with E-state index in [2.05, 4.69) is 10.3 Å². The van der Waals surface area contributed by atoms with Crippen LogP contribution in [0.4, 0.5) is 0 Å². The number of hydrogen-bond acceptors (Lipinski definition) is 7. The summed E-state index contributed by atoms with van der Waals surface area (Å²) in [4.78, 5) is 5.72. The van der Waals surface area contributed by atoms with E-state index < -0.39 is 6.23 Å². The number of aliphatic hydroxyl groups excluding tert-OH is 2. The first-order valence-electron chi connectivity index (χ1n) is 9.32. The highest BCUT2D eigenvalue weighted by Gasteiger charge is 2.31. The minimum absolute atomic E-state index is 0.108. The van der Waals surface area contributed by atoms with Crippen molar-refractivity contribution in [2.24, 2.45) is 0 Å². The predicted molar refractivity (Wildman–Crippen MR) is 114 cm³/mol. The van der Waals surface area contributed by atoms with Gasteiger partial charge in [0.2, 0.25) is 0 Å². The van der Waals surface area contributed by atoms with Gasteiger partial charge >= 0.3 is 0 Å².